The first-order valence-corrected chi connectivity index (χ1v) is 6.47. The second kappa shape index (κ2) is 5.74. The zero-order valence-electron chi connectivity index (χ0n) is 8.10. The molecule has 0 saturated heterocycles. The van der Waals surface area contributed by atoms with Gasteiger partial charge >= 0.3 is 5.70 Å². The van der Waals surface area contributed by atoms with Crippen LogP contribution < -0.4 is 4.57 Å². The number of pyridine rings is 1. The Kier molecular flexibility index (Phi) is 4.57. The van der Waals surface area contributed by atoms with Crippen LogP contribution in [0.15, 0.2) is 34.8 Å². The second-order valence-corrected chi connectivity index (χ2v) is 4.33. The Morgan fingerprint density at radius 1 is 1.14 bits per heavy atom. The summed E-state index contributed by atoms with van der Waals surface area (Å²) in [5.74, 6) is 0. The standard InChI is InChI=1S/C10H11N2S2/c1-13-10(14-2)9(8-11)12-6-4-3-5-7-12/h3-7H,1-2H3/q+1. The van der Waals surface area contributed by atoms with Crippen LogP contribution in [0.25, 0.3) is 5.70 Å². The van der Waals surface area contributed by atoms with E-state index in [4.69, 9.17) is 5.26 Å². The molecule has 0 spiro atoms. The Morgan fingerprint density at radius 3 is 2.14 bits per heavy atom. The topological polar surface area (TPSA) is 27.7 Å². The summed E-state index contributed by atoms with van der Waals surface area (Å²) in [5, 5.41) is 9.06. The Morgan fingerprint density at radius 2 is 1.71 bits per heavy atom. The van der Waals surface area contributed by atoms with Crippen molar-refractivity contribution in [3.05, 3.63) is 34.8 Å². The minimum atomic E-state index is 0.686. The molecule has 0 aliphatic rings. The van der Waals surface area contributed by atoms with Crippen molar-refractivity contribution >= 4 is 29.2 Å². The minimum Gasteiger partial charge on any atom is -0.186 e. The molecule has 72 valence electrons. The highest BCUT2D eigenvalue weighted by molar-refractivity contribution is 8.21. The van der Waals surface area contributed by atoms with Crippen molar-refractivity contribution in [3.63, 3.8) is 0 Å². The first-order chi connectivity index (χ1) is 6.83. The summed E-state index contributed by atoms with van der Waals surface area (Å²) in [6.07, 6.45) is 7.72. The maximum atomic E-state index is 9.06. The van der Waals surface area contributed by atoms with Crippen LogP contribution in [0.3, 0.4) is 0 Å². The third-order valence-corrected chi connectivity index (χ3v) is 3.77. The molecule has 2 nitrogen and oxygen atoms in total. The first-order valence-electron chi connectivity index (χ1n) is 4.02. The molecule has 1 aromatic heterocycles. The molecule has 0 unspecified atom stereocenters. The largest absolute Gasteiger partial charge is 0.308 e. The van der Waals surface area contributed by atoms with Crippen LogP contribution in [0.2, 0.25) is 0 Å². The summed E-state index contributed by atoms with van der Waals surface area (Å²) in [7, 11) is 0. The lowest BCUT2D eigenvalue weighted by atomic mass is 10.4. The third kappa shape index (κ3) is 2.53. The SMILES string of the molecule is CSC(SC)=C(C#N)[n+]1ccccc1. The molecule has 0 radical (unpaired) electrons. The third-order valence-electron chi connectivity index (χ3n) is 1.64. The highest BCUT2D eigenvalue weighted by Crippen LogP contribution is 2.26. The van der Waals surface area contributed by atoms with Crippen LogP contribution in [0, 0.1) is 11.3 Å². The lowest BCUT2D eigenvalue weighted by Gasteiger charge is -1.98. The van der Waals surface area contributed by atoms with E-state index in [1.165, 1.54) is 0 Å². The first kappa shape index (κ1) is 11.2. The Balaban J connectivity index is 3.17. The monoisotopic (exact) mass is 223 g/mol. The summed E-state index contributed by atoms with van der Waals surface area (Å²) in [5.41, 5.74) is 0.686. The molecule has 0 aliphatic carbocycles. The van der Waals surface area contributed by atoms with Gasteiger partial charge in [-0.25, -0.2) is 0 Å². The molecule has 14 heavy (non-hydrogen) atoms. The number of allylic oxidation sites excluding steroid dienone is 1. The number of nitrogens with zero attached hydrogens (tertiary/aromatic N) is 2. The normalized spacial score (nSPS) is 9.21. The van der Waals surface area contributed by atoms with Gasteiger partial charge in [0.15, 0.2) is 18.5 Å². The zero-order valence-corrected chi connectivity index (χ0v) is 9.73. The van der Waals surface area contributed by atoms with Crippen LogP contribution >= 0.6 is 23.5 Å². The molecule has 4 heteroatoms. The molecule has 0 aliphatic heterocycles. The van der Waals surface area contributed by atoms with Crippen molar-refractivity contribution in [3.8, 4) is 6.07 Å². The summed E-state index contributed by atoms with van der Waals surface area (Å²) in [6.45, 7) is 0. The summed E-state index contributed by atoms with van der Waals surface area (Å²) in [4.78, 5) is 0. The van der Waals surface area contributed by atoms with Crippen LogP contribution in [-0.2, 0) is 0 Å². The number of rotatable bonds is 3. The molecule has 0 saturated carbocycles. The number of thioether (sulfide) groups is 2. The highest BCUT2D eigenvalue weighted by atomic mass is 32.2. The Hall–Kier alpha value is -0.920. The van der Waals surface area contributed by atoms with Crippen molar-refractivity contribution < 1.29 is 4.57 Å². The molecule has 0 bridgehead atoms. The predicted octanol–water partition coefficient (Wildman–Crippen LogP) is 2.35. The molecule has 0 atom stereocenters. The number of aromatic nitrogens is 1. The smallest absolute Gasteiger partial charge is 0.186 e. The van der Waals surface area contributed by atoms with Gasteiger partial charge in [0, 0.05) is 12.1 Å². The second-order valence-electron chi connectivity index (χ2n) is 2.44. The van der Waals surface area contributed by atoms with E-state index in [-0.39, 0.29) is 0 Å². The van der Waals surface area contributed by atoms with Gasteiger partial charge < -0.3 is 0 Å². The summed E-state index contributed by atoms with van der Waals surface area (Å²) < 4.78 is 2.87. The van der Waals surface area contributed by atoms with Gasteiger partial charge in [-0.05, 0) is 12.5 Å². The fraction of sp³-hybridized carbons (Fsp3) is 0.200. The Bertz CT molecular complexity index is 359. The van der Waals surface area contributed by atoms with Crippen molar-refractivity contribution in [1.29, 1.82) is 5.26 Å². The van der Waals surface area contributed by atoms with Crippen molar-refractivity contribution in [2.24, 2.45) is 0 Å². The van der Waals surface area contributed by atoms with Gasteiger partial charge in [-0.1, -0.05) is 6.07 Å². The molecule has 1 aromatic rings. The maximum Gasteiger partial charge on any atom is 0.308 e. The highest BCUT2D eigenvalue weighted by Gasteiger charge is 2.14. The average molecular weight is 223 g/mol. The molecule has 0 amide bonds. The fourth-order valence-electron chi connectivity index (χ4n) is 1.03. The molecule has 1 heterocycles. The number of nitriles is 1. The van der Waals surface area contributed by atoms with Crippen LogP contribution in [0.1, 0.15) is 0 Å². The van der Waals surface area contributed by atoms with Crippen molar-refractivity contribution in [2.75, 3.05) is 12.5 Å². The van der Waals surface area contributed by atoms with Crippen LogP contribution in [-0.4, -0.2) is 12.5 Å². The van der Waals surface area contributed by atoms with E-state index in [2.05, 4.69) is 6.07 Å². The van der Waals surface area contributed by atoms with Gasteiger partial charge in [0.2, 0.25) is 0 Å². The van der Waals surface area contributed by atoms with E-state index >= 15 is 0 Å². The van der Waals surface area contributed by atoms with E-state index in [0.29, 0.717) is 5.70 Å². The number of hydrogen-bond donors (Lipinski definition) is 0. The van der Waals surface area contributed by atoms with Gasteiger partial charge in [0.1, 0.15) is 4.24 Å². The summed E-state index contributed by atoms with van der Waals surface area (Å²) in [6, 6.07) is 7.98. The van der Waals surface area contributed by atoms with Gasteiger partial charge in [-0.2, -0.15) is 9.83 Å². The zero-order chi connectivity index (χ0) is 10.4. The van der Waals surface area contributed by atoms with Gasteiger partial charge in [0.05, 0.1) is 0 Å². The quantitative estimate of drug-likeness (QED) is 0.581. The van der Waals surface area contributed by atoms with E-state index < -0.39 is 0 Å². The van der Waals surface area contributed by atoms with E-state index in [0.717, 1.165) is 4.24 Å². The maximum absolute atomic E-state index is 9.06. The van der Waals surface area contributed by atoms with Crippen molar-refractivity contribution in [1.82, 2.24) is 0 Å². The average Bonchev–Trinajstić information content (AvgIpc) is 2.27. The van der Waals surface area contributed by atoms with E-state index in [1.54, 1.807) is 23.5 Å². The van der Waals surface area contributed by atoms with Crippen LogP contribution in [0.5, 0.6) is 0 Å². The molecule has 1 rings (SSSR count). The van der Waals surface area contributed by atoms with Gasteiger partial charge in [-0.15, -0.1) is 23.5 Å². The fourth-order valence-corrected chi connectivity index (χ4v) is 2.39. The van der Waals surface area contributed by atoms with Crippen molar-refractivity contribution in [2.45, 2.75) is 0 Å². The van der Waals surface area contributed by atoms with E-state index in [9.17, 15) is 0 Å². The molecule has 0 fully saturated rings. The lowest BCUT2D eigenvalue weighted by Crippen LogP contribution is -2.30. The van der Waals surface area contributed by atoms with Gasteiger partial charge in [0.25, 0.3) is 0 Å². The summed E-state index contributed by atoms with van der Waals surface area (Å²) >= 11 is 3.19. The number of hydrogen-bond acceptors (Lipinski definition) is 3. The van der Waals surface area contributed by atoms with E-state index in [1.807, 2.05) is 47.7 Å². The van der Waals surface area contributed by atoms with Gasteiger partial charge in [-0.3, -0.25) is 0 Å². The minimum absolute atomic E-state index is 0.686. The molecule has 0 N–H and O–H groups in total. The van der Waals surface area contributed by atoms with Crippen LogP contribution in [0.4, 0.5) is 0 Å². The molecular weight excluding hydrogens is 212 g/mol. The Labute approximate surface area is 92.6 Å². The predicted molar refractivity (Wildman–Crippen MR) is 62.5 cm³/mol. The molecule has 0 aromatic carbocycles. The lowest BCUT2D eigenvalue weighted by molar-refractivity contribution is -0.577. The molecular formula is C10H11N2S2+.